The van der Waals surface area contributed by atoms with Gasteiger partial charge in [-0.15, -0.1) is 0 Å². The molecule has 0 heterocycles. The molecule has 0 radical (unpaired) electrons. The first-order valence-corrected chi connectivity index (χ1v) is 5.77. The van der Waals surface area contributed by atoms with E-state index in [0.717, 1.165) is 5.56 Å². The van der Waals surface area contributed by atoms with Crippen LogP contribution >= 0.6 is 0 Å². The number of methoxy groups -OCH3 is 1. The largest absolute Gasteiger partial charge is 0.465 e. The molecule has 0 saturated carbocycles. The average Bonchev–Trinajstić information content (AvgIpc) is 2.41. The van der Waals surface area contributed by atoms with Gasteiger partial charge in [0.05, 0.1) is 12.7 Å². The van der Waals surface area contributed by atoms with Gasteiger partial charge in [-0.3, -0.25) is 0 Å². The van der Waals surface area contributed by atoms with Crippen LogP contribution in [0.2, 0.25) is 0 Å². The topological polar surface area (TPSA) is 52.3 Å². The normalized spacial score (nSPS) is 10.3. The molecule has 0 aliphatic carbocycles. The minimum Gasteiger partial charge on any atom is -0.465 e. The Hall–Kier alpha value is -2.36. The zero-order valence-electron chi connectivity index (χ0n) is 10.7. The summed E-state index contributed by atoms with van der Waals surface area (Å²) in [4.78, 5) is 11.8. The first-order chi connectivity index (χ1) is 9.02. The zero-order chi connectivity index (χ0) is 14.0. The van der Waals surface area contributed by atoms with E-state index in [0.29, 0.717) is 16.8 Å². The van der Waals surface area contributed by atoms with Crippen molar-refractivity contribution in [2.45, 2.75) is 6.92 Å². The number of carbonyl (C=O) groups is 1. The number of carbonyl (C=O) groups excluding carboxylic acids is 1. The summed E-state index contributed by atoms with van der Waals surface area (Å²) in [6.07, 6.45) is 0. The fourth-order valence-corrected chi connectivity index (χ4v) is 1.92. The Labute approximate surface area is 110 Å². The predicted octanol–water partition coefficient (Wildman–Crippen LogP) is 3.17. The quantitative estimate of drug-likeness (QED) is 0.665. The number of benzene rings is 2. The number of ether oxygens (including phenoxy) is 1. The molecule has 4 heteroatoms. The second-order valence-electron chi connectivity index (χ2n) is 4.28. The summed E-state index contributed by atoms with van der Waals surface area (Å²) in [5, 5.41) is 0. The predicted molar refractivity (Wildman–Crippen MR) is 72.3 cm³/mol. The molecule has 2 aromatic rings. The highest BCUT2D eigenvalue weighted by Crippen LogP contribution is 2.29. The summed E-state index contributed by atoms with van der Waals surface area (Å²) in [7, 11) is 1.28. The lowest BCUT2D eigenvalue weighted by Crippen LogP contribution is -2.05. The highest BCUT2D eigenvalue weighted by molar-refractivity contribution is 5.98. The number of anilines is 1. The second kappa shape index (κ2) is 5.10. The SMILES string of the molecule is COC(=O)c1cc(N)ccc1-c1cc(C)ccc1F. The van der Waals surface area contributed by atoms with Gasteiger partial charge in [0, 0.05) is 11.3 Å². The minimum atomic E-state index is -0.539. The molecule has 0 aliphatic heterocycles. The molecule has 0 amide bonds. The molecule has 0 unspecified atom stereocenters. The van der Waals surface area contributed by atoms with E-state index in [4.69, 9.17) is 10.5 Å². The van der Waals surface area contributed by atoms with Crippen LogP contribution in [0.3, 0.4) is 0 Å². The van der Waals surface area contributed by atoms with E-state index in [9.17, 15) is 9.18 Å². The van der Waals surface area contributed by atoms with Crippen molar-refractivity contribution in [2.24, 2.45) is 0 Å². The molecule has 0 atom stereocenters. The Morgan fingerprint density at radius 1 is 1.16 bits per heavy atom. The monoisotopic (exact) mass is 259 g/mol. The molecule has 0 spiro atoms. The molecule has 3 nitrogen and oxygen atoms in total. The fraction of sp³-hybridized carbons (Fsp3) is 0.133. The Morgan fingerprint density at radius 3 is 2.58 bits per heavy atom. The van der Waals surface area contributed by atoms with Crippen molar-refractivity contribution in [3.05, 3.63) is 53.3 Å². The molecule has 0 bridgehead atoms. The number of nitrogens with two attached hydrogens (primary N) is 1. The van der Waals surface area contributed by atoms with Gasteiger partial charge in [-0.05, 0) is 36.8 Å². The summed E-state index contributed by atoms with van der Waals surface area (Å²) >= 11 is 0. The summed E-state index contributed by atoms with van der Waals surface area (Å²) < 4.78 is 18.6. The molecule has 2 aromatic carbocycles. The van der Waals surface area contributed by atoms with Gasteiger partial charge in [-0.2, -0.15) is 0 Å². The second-order valence-corrected chi connectivity index (χ2v) is 4.28. The number of aryl methyl sites for hydroxylation is 1. The van der Waals surface area contributed by atoms with Crippen molar-refractivity contribution >= 4 is 11.7 Å². The highest BCUT2D eigenvalue weighted by Gasteiger charge is 2.16. The number of hydrogen-bond donors (Lipinski definition) is 1. The summed E-state index contributed by atoms with van der Waals surface area (Å²) in [5.41, 5.74) is 8.09. The van der Waals surface area contributed by atoms with Gasteiger partial charge in [0.2, 0.25) is 0 Å². The third kappa shape index (κ3) is 2.57. The number of esters is 1. The van der Waals surface area contributed by atoms with Gasteiger partial charge < -0.3 is 10.5 Å². The van der Waals surface area contributed by atoms with Crippen molar-refractivity contribution in [3.63, 3.8) is 0 Å². The standard InChI is InChI=1S/C15H14FNO2/c1-9-3-6-14(16)12(7-9)11-5-4-10(17)8-13(11)15(18)19-2/h3-8H,17H2,1-2H3. The third-order valence-electron chi connectivity index (χ3n) is 2.86. The minimum absolute atomic E-state index is 0.256. The van der Waals surface area contributed by atoms with Gasteiger partial charge in [0.25, 0.3) is 0 Å². The molecule has 19 heavy (non-hydrogen) atoms. The number of rotatable bonds is 2. The number of halogens is 1. The Morgan fingerprint density at radius 2 is 1.89 bits per heavy atom. The lowest BCUT2D eigenvalue weighted by molar-refractivity contribution is 0.0601. The van der Waals surface area contributed by atoms with Crippen LogP contribution in [-0.2, 0) is 4.74 Å². The van der Waals surface area contributed by atoms with Gasteiger partial charge >= 0.3 is 5.97 Å². The zero-order valence-corrected chi connectivity index (χ0v) is 10.7. The van der Waals surface area contributed by atoms with Crippen molar-refractivity contribution in [2.75, 3.05) is 12.8 Å². The van der Waals surface area contributed by atoms with Crippen LogP contribution in [0.5, 0.6) is 0 Å². The van der Waals surface area contributed by atoms with E-state index < -0.39 is 5.97 Å². The van der Waals surface area contributed by atoms with E-state index in [1.54, 1.807) is 24.3 Å². The summed E-state index contributed by atoms with van der Waals surface area (Å²) in [6, 6.07) is 9.48. The third-order valence-corrected chi connectivity index (χ3v) is 2.86. The average molecular weight is 259 g/mol. The molecule has 2 N–H and O–H groups in total. The van der Waals surface area contributed by atoms with Crippen molar-refractivity contribution in [1.29, 1.82) is 0 Å². The molecule has 98 valence electrons. The van der Waals surface area contributed by atoms with Crippen LogP contribution in [0.25, 0.3) is 11.1 Å². The summed E-state index contributed by atoms with van der Waals surface area (Å²) in [6.45, 7) is 1.86. The van der Waals surface area contributed by atoms with Crippen molar-refractivity contribution in [3.8, 4) is 11.1 Å². The molecule has 2 rings (SSSR count). The van der Waals surface area contributed by atoms with Crippen molar-refractivity contribution < 1.29 is 13.9 Å². The van der Waals surface area contributed by atoms with E-state index in [2.05, 4.69) is 0 Å². The Balaban J connectivity index is 2.68. The van der Waals surface area contributed by atoms with Crippen LogP contribution < -0.4 is 5.73 Å². The van der Waals surface area contributed by atoms with E-state index >= 15 is 0 Å². The lowest BCUT2D eigenvalue weighted by atomic mass is 9.97. The van der Waals surface area contributed by atoms with Crippen LogP contribution in [0.1, 0.15) is 15.9 Å². The van der Waals surface area contributed by atoms with Gasteiger partial charge in [-0.1, -0.05) is 17.7 Å². The summed E-state index contributed by atoms with van der Waals surface area (Å²) in [5.74, 6) is -0.927. The maximum Gasteiger partial charge on any atom is 0.338 e. The molecular formula is C15H14FNO2. The first kappa shape index (κ1) is 13.1. The smallest absolute Gasteiger partial charge is 0.338 e. The van der Waals surface area contributed by atoms with Gasteiger partial charge in [-0.25, -0.2) is 9.18 Å². The van der Waals surface area contributed by atoms with Crippen LogP contribution in [0.15, 0.2) is 36.4 Å². The molecule has 0 aliphatic rings. The van der Waals surface area contributed by atoms with E-state index in [1.165, 1.54) is 19.2 Å². The molecule has 0 fully saturated rings. The molecule has 0 aromatic heterocycles. The number of hydrogen-bond acceptors (Lipinski definition) is 3. The Kier molecular flexibility index (Phi) is 3.51. The Bertz CT molecular complexity index is 638. The molecule has 0 saturated heterocycles. The lowest BCUT2D eigenvalue weighted by Gasteiger charge is -2.10. The highest BCUT2D eigenvalue weighted by atomic mass is 19.1. The maximum absolute atomic E-state index is 13.9. The fourth-order valence-electron chi connectivity index (χ4n) is 1.92. The molecular weight excluding hydrogens is 245 g/mol. The maximum atomic E-state index is 13.9. The van der Waals surface area contributed by atoms with Crippen LogP contribution in [-0.4, -0.2) is 13.1 Å². The number of nitrogen functional groups attached to an aromatic ring is 1. The van der Waals surface area contributed by atoms with E-state index in [-0.39, 0.29) is 11.4 Å². The van der Waals surface area contributed by atoms with Crippen molar-refractivity contribution in [1.82, 2.24) is 0 Å². The van der Waals surface area contributed by atoms with Crippen LogP contribution in [0, 0.1) is 12.7 Å². The van der Waals surface area contributed by atoms with Gasteiger partial charge in [0.15, 0.2) is 0 Å². The van der Waals surface area contributed by atoms with Gasteiger partial charge in [0.1, 0.15) is 5.82 Å². The van der Waals surface area contributed by atoms with E-state index in [1.807, 2.05) is 6.92 Å². The van der Waals surface area contributed by atoms with Crippen LogP contribution in [0.4, 0.5) is 10.1 Å². The first-order valence-electron chi connectivity index (χ1n) is 5.77.